The largest absolute Gasteiger partial charge is 0.484 e. The average Bonchev–Trinajstić information content (AvgIpc) is 3.21. The maximum atomic E-state index is 13.6. The first-order valence-corrected chi connectivity index (χ1v) is 9.27. The third-order valence-corrected chi connectivity index (χ3v) is 4.33. The van der Waals surface area contributed by atoms with Crippen molar-refractivity contribution in [3.63, 3.8) is 0 Å². The van der Waals surface area contributed by atoms with E-state index in [1.807, 2.05) is 0 Å². The molecule has 0 spiro atoms. The van der Waals surface area contributed by atoms with Gasteiger partial charge in [-0.05, 0) is 30.3 Å². The van der Waals surface area contributed by atoms with Crippen molar-refractivity contribution in [3.8, 4) is 17.2 Å². The second kappa shape index (κ2) is 9.59. The third-order valence-electron chi connectivity index (χ3n) is 3.72. The molecule has 160 valence electrons. The molecule has 0 aliphatic heterocycles. The third kappa shape index (κ3) is 5.80. The van der Waals surface area contributed by atoms with Crippen LogP contribution in [0.3, 0.4) is 0 Å². The molecule has 1 heterocycles. The fourth-order valence-corrected chi connectivity index (χ4v) is 2.53. The highest BCUT2D eigenvalue weighted by Crippen LogP contribution is 2.24. The molecule has 2 N–H and O–H groups in total. The van der Waals surface area contributed by atoms with Gasteiger partial charge in [0.1, 0.15) is 29.5 Å². The van der Waals surface area contributed by atoms with Crippen molar-refractivity contribution in [2.24, 2.45) is 0 Å². The zero-order valence-electron chi connectivity index (χ0n) is 15.5. The summed E-state index contributed by atoms with van der Waals surface area (Å²) in [4.78, 5) is 28.1. The molecule has 2 amide bonds. The number of carbonyl (C=O) groups is 2. The topological polar surface area (TPSA) is 93.5 Å². The van der Waals surface area contributed by atoms with Crippen molar-refractivity contribution in [3.05, 3.63) is 82.4 Å². The predicted molar refractivity (Wildman–Crippen MR) is 109 cm³/mol. The summed E-state index contributed by atoms with van der Waals surface area (Å²) in [6, 6.07) is 7.62. The molecule has 3 aromatic rings. The molecule has 7 nitrogen and oxygen atoms in total. The summed E-state index contributed by atoms with van der Waals surface area (Å²) in [5.74, 6) is -2.79. The van der Waals surface area contributed by atoms with E-state index in [0.717, 1.165) is 18.4 Å². The Bertz CT molecular complexity index is 1170. The van der Waals surface area contributed by atoms with Gasteiger partial charge >= 0.3 is 0 Å². The second-order valence-electron chi connectivity index (χ2n) is 6.01. The van der Waals surface area contributed by atoms with Gasteiger partial charge in [-0.2, -0.15) is 0 Å². The van der Waals surface area contributed by atoms with Crippen molar-refractivity contribution in [1.29, 1.82) is 0 Å². The van der Waals surface area contributed by atoms with Gasteiger partial charge in [-0.3, -0.25) is 9.59 Å². The minimum atomic E-state index is -0.726. The summed E-state index contributed by atoms with van der Waals surface area (Å²) in [6.45, 7) is 3.04. The Kier molecular flexibility index (Phi) is 6.88. The van der Waals surface area contributed by atoms with Gasteiger partial charge in [-0.1, -0.05) is 29.8 Å². The lowest BCUT2D eigenvalue weighted by Gasteiger charge is -2.10. The standard InChI is InChI=1S/C20H13Cl2F2N3O4/c1-10(25-18(28)9-30-12-3-5-14(22)16(24)7-12)26-19(29)17-8-31-20(27-17)11-2-4-13(21)15(23)6-11/h2-8H,1,9H2,(H,25,28)(H,26,29). The number of benzene rings is 2. The van der Waals surface area contributed by atoms with Crippen LogP contribution < -0.4 is 15.4 Å². The summed E-state index contributed by atoms with van der Waals surface area (Å²) in [5, 5.41) is 4.46. The molecule has 0 fully saturated rings. The van der Waals surface area contributed by atoms with Gasteiger partial charge in [0.25, 0.3) is 11.8 Å². The number of aromatic nitrogens is 1. The molecule has 0 saturated carbocycles. The van der Waals surface area contributed by atoms with Crippen LogP contribution in [-0.4, -0.2) is 23.4 Å². The molecule has 11 heteroatoms. The molecule has 0 saturated heterocycles. The van der Waals surface area contributed by atoms with Gasteiger partial charge < -0.3 is 19.8 Å². The van der Waals surface area contributed by atoms with E-state index in [1.165, 1.54) is 24.3 Å². The van der Waals surface area contributed by atoms with Crippen LogP contribution in [-0.2, 0) is 4.79 Å². The Morgan fingerprint density at radius 1 is 1.06 bits per heavy atom. The SMILES string of the molecule is C=C(NC(=O)COc1ccc(Cl)c(F)c1)NC(=O)c1coc(-c2ccc(Cl)c(F)c2)n1. The number of hydrogen-bond donors (Lipinski definition) is 2. The van der Waals surface area contributed by atoms with Crippen molar-refractivity contribution in [1.82, 2.24) is 15.6 Å². The molecule has 3 rings (SSSR count). The summed E-state index contributed by atoms with van der Waals surface area (Å²) < 4.78 is 37.2. The number of nitrogens with one attached hydrogen (secondary N) is 2. The maximum Gasteiger partial charge on any atom is 0.278 e. The van der Waals surface area contributed by atoms with Crippen molar-refractivity contribution >= 4 is 35.0 Å². The quantitative estimate of drug-likeness (QED) is 0.539. The van der Waals surface area contributed by atoms with Crippen LogP contribution in [0.2, 0.25) is 10.0 Å². The first-order chi connectivity index (χ1) is 14.7. The van der Waals surface area contributed by atoms with Gasteiger partial charge in [0, 0.05) is 11.6 Å². The summed E-state index contributed by atoms with van der Waals surface area (Å²) >= 11 is 11.2. The fraction of sp³-hybridized carbons (Fsp3) is 0.0500. The number of rotatable bonds is 7. The zero-order valence-corrected chi connectivity index (χ0v) is 17.1. The van der Waals surface area contributed by atoms with Crippen molar-refractivity contribution in [2.45, 2.75) is 0 Å². The Morgan fingerprint density at radius 3 is 2.42 bits per heavy atom. The lowest BCUT2D eigenvalue weighted by Crippen LogP contribution is -2.36. The highest BCUT2D eigenvalue weighted by molar-refractivity contribution is 6.31. The smallest absolute Gasteiger partial charge is 0.278 e. The number of halogens is 4. The number of nitrogens with zero attached hydrogens (tertiary/aromatic N) is 1. The van der Waals surface area contributed by atoms with E-state index in [2.05, 4.69) is 22.2 Å². The normalized spacial score (nSPS) is 10.5. The van der Waals surface area contributed by atoms with E-state index in [0.29, 0.717) is 0 Å². The number of carbonyl (C=O) groups excluding carboxylic acids is 2. The van der Waals surface area contributed by atoms with Gasteiger partial charge in [-0.15, -0.1) is 0 Å². The van der Waals surface area contributed by atoms with Gasteiger partial charge in [0.05, 0.1) is 10.0 Å². The van der Waals surface area contributed by atoms with Gasteiger partial charge in [-0.25, -0.2) is 13.8 Å². The zero-order chi connectivity index (χ0) is 22.5. The lowest BCUT2D eigenvalue weighted by atomic mass is 10.2. The molecule has 0 radical (unpaired) electrons. The van der Waals surface area contributed by atoms with Crippen molar-refractivity contribution < 1.29 is 27.5 Å². The van der Waals surface area contributed by atoms with E-state index in [1.54, 1.807) is 0 Å². The predicted octanol–water partition coefficient (Wildman–Crippen LogP) is 4.32. The van der Waals surface area contributed by atoms with Crippen LogP contribution in [0.4, 0.5) is 8.78 Å². The molecule has 0 unspecified atom stereocenters. The van der Waals surface area contributed by atoms with E-state index in [-0.39, 0.29) is 38.8 Å². The second-order valence-corrected chi connectivity index (χ2v) is 6.83. The highest BCUT2D eigenvalue weighted by Gasteiger charge is 2.16. The molecular formula is C20H13Cl2F2N3O4. The molecule has 0 bridgehead atoms. The summed E-state index contributed by atoms with van der Waals surface area (Å²) in [5.41, 5.74) is 0.150. The van der Waals surface area contributed by atoms with Crippen molar-refractivity contribution in [2.75, 3.05) is 6.61 Å². The van der Waals surface area contributed by atoms with Crippen LogP contribution in [0.1, 0.15) is 10.5 Å². The monoisotopic (exact) mass is 467 g/mol. The molecule has 0 aliphatic carbocycles. The first kappa shape index (κ1) is 22.3. The minimum absolute atomic E-state index is 0.000962. The Labute approximate surface area is 184 Å². The Morgan fingerprint density at radius 2 is 1.74 bits per heavy atom. The van der Waals surface area contributed by atoms with E-state index in [9.17, 15) is 18.4 Å². The van der Waals surface area contributed by atoms with Gasteiger partial charge in [0.2, 0.25) is 5.89 Å². The highest BCUT2D eigenvalue weighted by atomic mass is 35.5. The van der Waals surface area contributed by atoms with Gasteiger partial charge in [0.15, 0.2) is 12.3 Å². The van der Waals surface area contributed by atoms with Crippen LogP contribution in [0.25, 0.3) is 11.5 Å². The first-order valence-electron chi connectivity index (χ1n) is 8.52. The molecule has 1 aromatic heterocycles. The van der Waals surface area contributed by atoms with Crippen LogP contribution in [0, 0.1) is 11.6 Å². The summed E-state index contributed by atoms with van der Waals surface area (Å²) in [6.07, 6.45) is 1.06. The number of oxazole rings is 1. The van der Waals surface area contributed by atoms with E-state index < -0.39 is 30.1 Å². The lowest BCUT2D eigenvalue weighted by molar-refractivity contribution is -0.122. The maximum absolute atomic E-state index is 13.6. The summed E-state index contributed by atoms with van der Waals surface area (Å²) in [7, 11) is 0. The Hall–Kier alpha value is -3.43. The minimum Gasteiger partial charge on any atom is -0.484 e. The van der Waals surface area contributed by atoms with Crippen LogP contribution in [0.5, 0.6) is 5.75 Å². The van der Waals surface area contributed by atoms with E-state index >= 15 is 0 Å². The Balaban J connectivity index is 1.52. The number of ether oxygens (including phenoxy) is 1. The van der Waals surface area contributed by atoms with Crippen LogP contribution in [0.15, 0.2) is 59.5 Å². The average molecular weight is 468 g/mol. The number of amides is 2. The molecule has 0 atom stereocenters. The molecular weight excluding hydrogens is 455 g/mol. The fourth-order valence-electron chi connectivity index (χ4n) is 2.29. The molecule has 31 heavy (non-hydrogen) atoms. The molecule has 2 aromatic carbocycles. The number of hydrogen-bond acceptors (Lipinski definition) is 5. The molecule has 0 aliphatic rings. The van der Waals surface area contributed by atoms with E-state index in [4.69, 9.17) is 32.4 Å². The van der Waals surface area contributed by atoms with Crippen LogP contribution >= 0.6 is 23.2 Å².